The fourth-order valence-electron chi connectivity index (χ4n) is 2.48. The lowest BCUT2D eigenvalue weighted by molar-refractivity contribution is -0.0286. The van der Waals surface area contributed by atoms with Gasteiger partial charge in [-0.15, -0.1) is 0 Å². The second-order valence-corrected chi connectivity index (χ2v) is 5.56. The van der Waals surface area contributed by atoms with E-state index in [1.165, 1.54) is 12.8 Å². The summed E-state index contributed by atoms with van der Waals surface area (Å²) in [5, 5.41) is 3.63. The van der Waals surface area contributed by atoms with Gasteiger partial charge in [0.2, 0.25) is 0 Å². The summed E-state index contributed by atoms with van der Waals surface area (Å²) in [4.78, 5) is 2.60. The molecule has 3 heteroatoms. The molecule has 1 aliphatic carbocycles. The quantitative estimate of drug-likeness (QED) is 0.768. The number of hydrogen-bond acceptors (Lipinski definition) is 3. The van der Waals surface area contributed by atoms with Crippen LogP contribution in [0.1, 0.15) is 33.6 Å². The Kier molecular flexibility index (Phi) is 4.22. The van der Waals surface area contributed by atoms with Crippen LogP contribution in [-0.2, 0) is 4.74 Å². The SMILES string of the molecule is CC(CNC1CC1)C(C)N1CCOCC1C. The van der Waals surface area contributed by atoms with E-state index in [0.29, 0.717) is 12.1 Å². The number of hydrogen-bond donors (Lipinski definition) is 1. The van der Waals surface area contributed by atoms with Crippen molar-refractivity contribution in [2.24, 2.45) is 5.92 Å². The maximum atomic E-state index is 5.49. The summed E-state index contributed by atoms with van der Waals surface area (Å²) in [5.74, 6) is 0.723. The minimum atomic E-state index is 0.576. The van der Waals surface area contributed by atoms with E-state index in [9.17, 15) is 0 Å². The zero-order valence-electron chi connectivity index (χ0n) is 10.9. The summed E-state index contributed by atoms with van der Waals surface area (Å²) in [6.45, 7) is 11.1. The van der Waals surface area contributed by atoms with Crippen molar-refractivity contribution in [1.29, 1.82) is 0 Å². The molecule has 16 heavy (non-hydrogen) atoms. The minimum Gasteiger partial charge on any atom is -0.379 e. The molecule has 0 amide bonds. The van der Waals surface area contributed by atoms with Crippen LogP contribution in [0.2, 0.25) is 0 Å². The van der Waals surface area contributed by atoms with Crippen LogP contribution >= 0.6 is 0 Å². The largest absolute Gasteiger partial charge is 0.379 e. The summed E-state index contributed by atoms with van der Waals surface area (Å²) < 4.78 is 5.49. The molecule has 0 aromatic heterocycles. The van der Waals surface area contributed by atoms with Gasteiger partial charge in [-0.05, 0) is 39.2 Å². The average molecular weight is 226 g/mol. The molecule has 1 aliphatic heterocycles. The summed E-state index contributed by atoms with van der Waals surface area (Å²) in [6.07, 6.45) is 2.77. The molecule has 1 saturated heterocycles. The number of nitrogens with zero attached hydrogens (tertiary/aromatic N) is 1. The van der Waals surface area contributed by atoms with Gasteiger partial charge in [0.15, 0.2) is 0 Å². The number of nitrogens with one attached hydrogen (secondary N) is 1. The normalized spacial score (nSPS) is 31.3. The molecular formula is C13H26N2O. The molecule has 1 heterocycles. The van der Waals surface area contributed by atoms with E-state index in [4.69, 9.17) is 4.74 Å². The molecule has 1 N–H and O–H groups in total. The highest BCUT2D eigenvalue weighted by molar-refractivity contribution is 4.85. The molecule has 1 saturated carbocycles. The highest BCUT2D eigenvalue weighted by Gasteiger charge is 2.28. The fraction of sp³-hybridized carbons (Fsp3) is 1.00. The van der Waals surface area contributed by atoms with E-state index in [0.717, 1.165) is 38.3 Å². The first kappa shape index (κ1) is 12.3. The Morgan fingerprint density at radius 1 is 1.38 bits per heavy atom. The number of morpholine rings is 1. The first-order valence-electron chi connectivity index (χ1n) is 6.75. The zero-order valence-corrected chi connectivity index (χ0v) is 10.9. The Balaban J connectivity index is 1.76. The standard InChI is InChI=1S/C13H26N2O/c1-10(8-14-13-4-5-13)12(3)15-6-7-16-9-11(15)2/h10-14H,4-9H2,1-3H3. The van der Waals surface area contributed by atoms with Gasteiger partial charge in [-0.25, -0.2) is 0 Å². The molecule has 0 bridgehead atoms. The van der Waals surface area contributed by atoms with E-state index in [2.05, 4.69) is 31.0 Å². The summed E-state index contributed by atoms with van der Waals surface area (Å²) >= 11 is 0. The first-order chi connectivity index (χ1) is 7.68. The van der Waals surface area contributed by atoms with Gasteiger partial charge in [0.25, 0.3) is 0 Å². The van der Waals surface area contributed by atoms with Crippen LogP contribution in [0.15, 0.2) is 0 Å². The van der Waals surface area contributed by atoms with Crippen molar-refractivity contribution in [3.05, 3.63) is 0 Å². The molecule has 0 aromatic carbocycles. The van der Waals surface area contributed by atoms with E-state index < -0.39 is 0 Å². The molecule has 94 valence electrons. The molecule has 3 unspecified atom stereocenters. The molecule has 2 fully saturated rings. The van der Waals surface area contributed by atoms with Crippen LogP contribution in [0, 0.1) is 5.92 Å². The Hall–Kier alpha value is -0.120. The molecule has 3 nitrogen and oxygen atoms in total. The van der Waals surface area contributed by atoms with Crippen molar-refractivity contribution in [3.8, 4) is 0 Å². The number of rotatable bonds is 5. The lowest BCUT2D eigenvalue weighted by Crippen LogP contribution is -2.51. The molecule has 3 atom stereocenters. The van der Waals surface area contributed by atoms with Crippen molar-refractivity contribution in [2.45, 2.75) is 51.7 Å². The van der Waals surface area contributed by atoms with Crippen molar-refractivity contribution < 1.29 is 4.74 Å². The van der Waals surface area contributed by atoms with Crippen molar-refractivity contribution in [1.82, 2.24) is 10.2 Å². The van der Waals surface area contributed by atoms with Crippen LogP contribution in [0.4, 0.5) is 0 Å². The van der Waals surface area contributed by atoms with Crippen LogP contribution < -0.4 is 5.32 Å². The van der Waals surface area contributed by atoms with Gasteiger partial charge in [0, 0.05) is 24.7 Å². The monoisotopic (exact) mass is 226 g/mol. The predicted molar refractivity (Wildman–Crippen MR) is 66.6 cm³/mol. The minimum absolute atomic E-state index is 0.576. The highest BCUT2D eigenvalue weighted by Crippen LogP contribution is 2.21. The summed E-state index contributed by atoms with van der Waals surface area (Å²) in [7, 11) is 0. The van der Waals surface area contributed by atoms with Crippen molar-refractivity contribution in [3.63, 3.8) is 0 Å². The van der Waals surface area contributed by atoms with E-state index in [1.807, 2.05) is 0 Å². The Morgan fingerprint density at radius 2 is 2.12 bits per heavy atom. The van der Waals surface area contributed by atoms with Crippen molar-refractivity contribution in [2.75, 3.05) is 26.3 Å². The summed E-state index contributed by atoms with van der Waals surface area (Å²) in [5.41, 5.74) is 0. The van der Waals surface area contributed by atoms with Crippen molar-refractivity contribution >= 4 is 0 Å². The van der Waals surface area contributed by atoms with Gasteiger partial charge >= 0.3 is 0 Å². The average Bonchev–Trinajstić information content (AvgIpc) is 3.09. The van der Waals surface area contributed by atoms with Crippen LogP contribution in [0.25, 0.3) is 0 Å². The molecule has 0 spiro atoms. The third-order valence-corrected chi connectivity index (χ3v) is 4.07. The lowest BCUT2D eigenvalue weighted by Gasteiger charge is -2.40. The fourth-order valence-corrected chi connectivity index (χ4v) is 2.48. The van der Waals surface area contributed by atoms with E-state index in [1.54, 1.807) is 0 Å². The van der Waals surface area contributed by atoms with Gasteiger partial charge in [-0.2, -0.15) is 0 Å². The van der Waals surface area contributed by atoms with E-state index >= 15 is 0 Å². The molecular weight excluding hydrogens is 200 g/mol. The van der Waals surface area contributed by atoms with Crippen LogP contribution in [-0.4, -0.2) is 49.3 Å². The molecule has 0 radical (unpaired) electrons. The smallest absolute Gasteiger partial charge is 0.0619 e. The van der Waals surface area contributed by atoms with Gasteiger partial charge in [0.05, 0.1) is 13.2 Å². The first-order valence-corrected chi connectivity index (χ1v) is 6.75. The van der Waals surface area contributed by atoms with Gasteiger partial charge in [0.1, 0.15) is 0 Å². The van der Waals surface area contributed by atoms with Crippen LogP contribution in [0.3, 0.4) is 0 Å². The van der Waals surface area contributed by atoms with Gasteiger partial charge in [-0.3, -0.25) is 4.90 Å². The topological polar surface area (TPSA) is 24.5 Å². The molecule has 0 aromatic rings. The van der Waals surface area contributed by atoms with Gasteiger partial charge in [-0.1, -0.05) is 6.92 Å². The number of ether oxygens (including phenoxy) is 1. The maximum absolute atomic E-state index is 5.49. The molecule has 2 rings (SSSR count). The predicted octanol–water partition coefficient (Wildman–Crippen LogP) is 1.48. The second-order valence-electron chi connectivity index (χ2n) is 5.56. The van der Waals surface area contributed by atoms with Gasteiger partial charge < -0.3 is 10.1 Å². The highest BCUT2D eigenvalue weighted by atomic mass is 16.5. The Labute approximate surface area is 99.5 Å². The molecule has 2 aliphatic rings. The maximum Gasteiger partial charge on any atom is 0.0619 e. The Morgan fingerprint density at radius 3 is 2.75 bits per heavy atom. The third-order valence-electron chi connectivity index (χ3n) is 4.07. The van der Waals surface area contributed by atoms with Crippen LogP contribution in [0.5, 0.6) is 0 Å². The zero-order chi connectivity index (χ0) is 11.5. The van der Waals surface area contributed by atoms with E-state index in [-0.39, 0.29) is 0 Å². The lowest BCUT2D eigenvalue weighted by atomic mass is 10.00. The Bertz CT molecular complexity index is 218. The third kappa shape index (κ3) is 3.19. The second kappa shape index (κ2) is 5.48. The summed E-state index contributed by atoms with van der Waals surface area (Å²) in [6, 6.07) is 2.06.